The summed E-state index contributed by atoms with van der Waals surface area (Å²) in [7, 11) is 0. The molecule has 0 saturated carbocycles. The van der Waals surface area contributed by atoms with Crippen molar-refractivity contribution in [1.82, 2.24) is 0 Å². The van der Waals surface area contributed by atoms with Crippen LogP contribution in [0.2, 0.25) is 0 Å². The Morgan fingerprint density at radius 1 is 0.727 bits per heavy atom. The number of rotatable bonds is 0. The van der Waals surface area contributed by atoms with Crippen molar-refractivity contribution in [3.63, 3.8) is 0 Å². The Balaban J connectivity index is -0.000000213. The summed E-state index contributed by atoms with van der Waals surface area (Å²) in [6.07, 6.45) is 14.0. The van der Waals surface area contributed by atoms with E-state index in [4.69, 9.17) is 0 Å². The number of hydrogen-bond donors (Lipinski definition) is 0. The molecule has 68 valence electrons. The van der Waals surface area contributed by atoms with E-state index in [1.54, 1.807) is 0 Å². The van der Waals surface area contributed by atoms with Crippen molar-refractivity contribution in [3.8, 4) is 0 Å². The second-order valence-corrected chi connectivity index (χ2v) is 2.14. The SMILES string of the molecule is C1=C\CCCC\C=C/1.[Br-].[Br-].[Pd+2]. The maximum Gasteiger partial charge on any atom is 2.00 e. The van der Waals surface area contributed by atoms with Gasteiger partial charge in [0.05, 0.1) is 0 Å². The molecule has 11 heavy (non-hydrogen) atoms. The van der Waals surface area contributed by atoms with Crippen LogP contribution in [0.4, 0.5) is 0 Å². The average molecular weight is 374 g/mol. The van der Waals surface area contributed by atoms with E-state index in [-0.39, 0.29) is 54.4 Å². The molecule has 0 spiro atoms. The van der Waals surface area contributed by atoms with Crippen molar-refractivity contribution in [1.29, 1.82) is 0 Å². The van der Waals surface area contributed by atoms with Gasteiger partial charge in [0.25, 0.3) is 0 Å². The molecule has 0 aromatic rings. The van der Waals surface area contributed by atoms with Crippen LogP contribution >= 0.6 is 0 Å². The third-order valence-corrected chi connectivity index (χ3v) is 1.37. The molecule has 0 saturated heterocycles. The quantitative estimate of drug-likeness (QED) is 0.390. The molecule has 0 N–H and O–H groups in total. The van der Waals surface area contributed by atoms with Crippen LogP contribution < -0.4 is 34.0 Å². The van der Waals surface area contributed by atoms with E-state index >= 15 is 0 Å². The second-order valence-electron chi connectivity index (χ2n) is 2.14. The Morgan fingerprint density at radius 2 is 1.09 bits per heavy atom. The van der Waals surface area contributed by atoms with E-state index in [1.165, 1.54) is 25.7 Å². The van der Waals surface area contributed by atoms with Crippen molar-refractivity contribution in [2.45, 2.75) is 25.7 Å². The molecular weight excluding hydrogens is 362 g/mol. The topological polar surface area (TPSA) is 0 Å². The van der Waals surface area contributed by atoms with Crippen LogP contribution in [0.3, 0.4) is 0 Å². The van der Waals surface area contributed by atoms with Crippen molar-refractivity contribution in [3.05, 3.63) is 24.3 Å². The number of hydrogen-bond acceptors (Lipinski definition) is 0. The first-order valence-electron chi connectivity index (χ1n) is 3.32. The van der Waals surface area contributed by atoms with Gasteiger partial charge in [-0.25, -0.2) is 0 Å². The van der Waals surface area contributed by atoms with Gasteiger partial charge in [-0.15, -0.1) is 0 Å². The van der Waals surface area contributed by atoms with Gasteiger partial charge in [-0.3, -0.25) is 0 Å². The fraction of sp³-hybridized carbons (Fsp3) is 0.500. The molecule has 1 aliphatic carbocycles. The van der Waals surface area contributed by atoms with Gasteiger partial charge in [0, 0.05) is 0 Å². The fourth-order valence-electron chi connectivity index (χ4n) is 0.874. The van der Waals surface area contributed by atoms with E-state index in [2.05, 4.69) is 24.3 Å². The molecule has 0 aliphatic heterocycles. The standard InChI is InChI=1S/C8H12.2BrH.Pd/c1-2-4-6-8-7-5-3-1;;;/h1-4H,5-8H2;2*1H;/q;;;+2/p-2/b3-1-,4-2-;;;. The smallest absolute Gasteiger partial charge is 1.00 e. The van der Waals surface area contributed by atoms with E-state index < -0.39 is 0 Å². The van der Waals surface area contributed by atoms with Crippen LogP contribution in [0.1, 0.15) is 25.7 Å². The summed E-state index contributed by atoms with van der Waals surface area (Å²) >= 11 is 0. The van der Waals surface area contributed by atoms with Crippen LogP contribution in [0.15, 0.2) is 24.3 Å². The summed E-state index contributed by atoms with van der Waals surface area (Å²) < 4.78 is 0. The van der Waals surface area contributed by atoms with E-state index in [9.17, 15) is 0 Å². The van der Waals surface area contributed by atoms with Gasteiger partial charge in [-0.2, -0.15) is 0 Å². The van der Waals surface area contributed by atoms with Gasteiger partial charge < -0.3 is 34.0 Å². The van der Waals surface area contributed by atoms with Crippen LogP contribution in [0.5, 0.6) is 0 Å². The zero-order valence-electron chi connectivity index (χ0n) is 6.21. The molecule has 3 heteroatoms. The van der Waals surface area contributed by atoms with Crippen molar-refractivity contribution in [2.75, 3.05) is 0 Å². The Labute approximate surface area is 104 Å². The van der Waals surface area contributed by atoms with Crippen LogP contribution in [-0.4, -0.2) is 0 Å². The third kappa shape index (κ3) is 11.1. The molecule has 0 fully saturated rings. The average Bonchev–Trinajstić information content (AvgIpc) is 1.62. The van der Waals surface area contributed by atoms with Gasteiger partial charge in [0.2, 0.25) is 0 Å². The minimum Gasteiger partial charge on any atom is -1.00 e. The van der Waals surface area contributed by atoms with Gasteiger partial charge in [-0.1, -0.05) is 24.3 Å². The van der Waals surface area contributed by atoms with E-state index in [1.807, 2.05) is 0 Å². The number of halogens is 2. The van der Waals surface area contributed by atoms with Crippen molar-refractivity contribution in [2.24, 2.45) is 0 Å². The molecule has 0 aromatic carbocycles. The minimum absolute atomic E-state index is 0. The third-order valence-electron chi connectivity index (χ3n) is 1.37. The summed E-state index contributed by atoms with van der Waals surface area (Å²) in [4.78, 5) is 0. The first-order chi connectivity index (χ1) is 4.00. The molecule has 0 amide bonds. The van der Waals surface area contributed by atoms with E-state index in [0.717, 1.165) is 0 Å². The zero-order valence-corrected chi connectivity index (χ0v) is 10.9. The molecule has 0 nitrogen and oxygen atoms in total. The maximum atomic E-state index is 2.23. The predicted molar refractivity (Wildman–Crippen MR) is 36.7 cm³/mol. The normalized spacial score (nSPS) is 20.4. The largest absolute Gasteiger partial charge is 2.00 e. The van der Waals surface area contributed by atoms with Crippen LogP contribution in [0, 0.1) is 0 Å². The summed E-state index contributed by atoms with van der Waals surface area (Å²) in [6.45, 7) is 0. The fourth-order valence-corrected chi connectivity index (χ4v) is 0.874. The number of allylic oxidation sites excluding steroid dienone is 4. The van der Waals surface area contributed by atoms with Crippen molar-refractivity contribution >= 4 is 0 Å². The Morgan fingerprint density at radius 3 is 1.45 bits per heavy atom. The van der Waals surface area contributed by atoms with E-state index in [0.29, 0.717) is 0 Å². The maximum absolute atomic E-state index is 2.23. The Hall–Kier alpha value is 1.10. The van der Waals surface area contributed by atoms with Gasteiger partial charge in [0.1, 0.15) is 0 Å². The molecule has 0 unspecified atom stereocenters. The van der Waals surface area contributed by atoms with Gasteiger partial charge in [-0.05, 0) is 25.7 Å². The summed E-state index contributed by atoms with van der Waals surface area (Å²) in [5.41, 5.74) is 0. The minimum atomic E-state index is 0. The first-order valence-corrected chi connectivity index (χ1v) is 3.32. The van der Waals surface area contributed by atoms with Crippen LogP contribution in [-0.2, 0) is 20.4 Å². The van der Waals surface area contributed by atoms with Crippen molar-refractivity contribution < 1.29 is 54.4 Å². The summed E-state index contributed by atoms with van der Waals surface area (Å²) in [6, 6.07) is 0. The predicted octanol–water partition coefficient (Wildman–Crippen LogP) is -3.32. The van der Waals surface area contributed by atoms with Crippen LogP contribution in [0.25, 0.3) is 0 Å². The second kappa shape index (κ2) is 13.7. The Bertz CT molecular complexity index is 96.7. The molecule has 1 aliphatic rings. The Kier molecular flexibility index (Phi) is 22.4. The van der Waals surface area contributed by atoms with Gasteiger partial charge in [0.15, 0.2) is 0 Å². The molecule has 0 heterocycles. The molecule has 1 rings (SSSR count). The molecule has 0 radical (unpaired) electrons. The zero-order chi connectivity index (χ0) is 5.66. The molecule has 0 bridgehead atoms. The molecule has 0 atom stereocenters. The summed E-state index contributed by atoms with van der Waals surface area (Å²) in [5.74, 6) is 0. The molecule has 0 aromatic heterocycles. The van der Waals surface area contributed by atoms with Gasteiger partial charge >= 0.3 is 20.4 Å². The first kappa shape index (κ1) is 18.0. The summed E-state index contributed by atoms with van der Waals surface area (Å²) in [5, 5.41) is 0. The monoisotopic (exact) mass is 372 g/mol. The molecular formula is C8H12Br2Pd.